The van der Waals surface area contributed by atoms with Gasteiger partial charge in [0.25, 0.3) is 5.56 Å². The second kappa shape index (κ2) is 9.42. The molecule has 0 atom stereocenters. The summed E-state index contributed by atoms with van der Waals surface area (Å²) in [7, 11) is -4.07. The molecule has 0 radical (unpaired) electrons. The molecular weight excluding hydrogens is 540 g/mol. The Hall–Kier alpha value is -3.94. The van der Waals surface area contributed by atoms with Gasteiger partial charge in [-0.15, -0.1) is 13.2 Å². The molecule has 0 bridgehead atoms. The number of aromatic nitrogens is 3. The zero-order chi connectivity index (χ0) is 28.0. The number of nitrogens with zero attached hydrogens (tertiary/aromatic N) is 3. The highest BCUT2D eigenvalue weighted by Crippen LogP contribution is 2.32. The number of aryl methyl sites for hydroxylation is 1. The van der Waals surface area contributed by atoms with Gasteiger partial charge in [0, 0.05) is 17.1 Å². The first-order valence-corrected chi connectivity index (χ1v) is 12.5. The molecule has 0 aliphatic carbocycles. The number of fused-ring (bicyclic) bond motifs is 1. The van der Waals surface area contributed by atoms with Crippen molar-refractivity contribution in [2.45, 2.75) is 31.3 Å². The minimum Gasteiger partial charge on any atom is -0.406 e. The number of halogens is 6. The lowest BCUT2D eigenvalue weighted by atomic mass is 10.1. The molecule has 0 saturated carbocycles. The Balaban J connectivity index is 1.91. The number of ether oxygens (including phenoxy) is 1. The zero-order valence-electron chi connectivity index (χ0n) is 19.6. The molecule has 200 valence electrons. The van der Waals surface area contributed by atoms with Crippen LogP contribution in [0.15, 0.2) is 64.4 Å². The van der Waals surface area contributed by atoms with Crippen LogP contribution in [0.1, 0.15) is 18.2 Å². The van der Waals surface area contributed by atoms with E-state index in [1.807, 2.05) is 0 Å². The van der Waals surface area contributed by atoms with Crippen LogP contribution in [0, 0.1) is 6.92 Å². The Kier molecular flexibility index (Phi) is 6.72. The fourth-order valence-electron chi connectivity index (χ4n) is 3.71. The number of alkyl halides is 6. The molecule has 4 aromatic rings. The summed E-state index contributed by atoms with van der Waals surface area (Å²) in [5.74, 6) is -1.34. The Bertz CT molecular complexity index is 1700. The van der Waals surface area contributed by atoms with Crippen molar-refractivity contribution in [2.75, 3.05) is 5.75 Å². The van der Waals surface area contributed by atoms with Crippen molar-refractivity contribution in [3.63, 3.8) is 0 Å². The van der Waals surface area contributed by atoms with Gasteiger partial charge < -0.3 is 4.74 Å². The van der Waals surface area contributed by atoms with Crippen LogP contribution in [-0.2, 0) is 16.0 Å². The zero-order valence-corrected chi connectivity index (χ0v) is 20.4. The SMILES string of the molecule is CCS(=O)(=O)c1cc(-c2ccc(OC(F)(F)F)cc2)cnc1-n1nc(C)c2ccc(C(F)(F)F)cc2c1=O. The van der Waals surface area contributed by atoms with E-state index in [1.165, 1.54) is 38.2 Å². The van der Waals surface area contributed by atoms with Gasteiger partial charge in [-0.3, -0.25) is 4.79 Å². The van der Waals surface area contributed by atoms with E-state index < -0.39 is 55.7 Å². The molecule has 14 heteroatoms. The molecule has 0 fully saturated rings. The van der Waals surface area contributed by atoms with Gasteiger partial charge in [0.1, 0.15) is 10.6 Å². The monoisotopic (exact) mass is 557 g/mol. The average molecular weight is 557 g/mol. The molecule has 0 spiro atoms. The van der Waals surface area contributed by atoms with E-state index in [9.17, 15) is 39.6 Å². The van der Waals surface area contributed by atoms with E-state index in [1.54, 1.807) is 0 Å². The molecule has 7 nitrogen and oxygen atoms in total. The van der Waals surface area contributed by atoms with Gasteiger partial charge in [-0.2, -0.15) is 23.0 Å². The van der Waals surface area contributed by atoms with E-state index in [4.69, 9.17) is 0 Å². The van der Waals surface area contributed by atoms with Crippen molar-refractivity contribution >= 4 is 20.6 Å². The van der Waals surface area contributed by atoms with Crippen LogP contribution >= 0.6 is 0 Å². The number of rotatable bonds is 5. The van der Waals surface area contributed by atoms with Gasteiger partial charge in [0.15, 0.2) is 15.7 Å². The molecule has 2 aromatic carbocycles. The van der Waals surface area contributed by atoms with Gasteiger partial charge in [0.2, 0.25) is 0 Å². The minimum absolute atomic E-state index is 0.150. The van der Waals surface area contributed by atoms with E-state index in [2.05, 4.69) is 14.8 Å². The molecule has 4 rings (SSSR count). The van der Waals surface area contributed by atoms with Crippen LogP contribution in [0.3, 0.4) is 0 Å². The van der Waals surface area contributed by atoms with Gasteiger partial charge in [-0.25, -0.2) is 13.4 Å². The first-order valence-electron chi connectivity index (χ1n) is 10.8. The third-order valence-electron chi connectivity index (χ3n) is 5.58. The van der Waals surface area contributed by atoms with Gasteiger partial charge in [-0.05, 0) is 42.8 Å². The maximum Gasteiger partial charge on any atom is 0.573 e. The third kappa shape index (κ3) is 5.35. The number of benzene rings is 2. The Morgan fingerprint density at radius 2 is 1.58 bits per heavy atom. The topological polar surface area (TPSA) is 91.2 Å². The van der Waals surface area contributed by atoms with E-state index in [-0.39, 0.29) is 27.6 Å². The quantitative estimate of drug-likeness (QED) is 0.303. The molecule has 0 aliphatic rings. The smallest absolute Gasteiger partial charge is 0.406 e. The summed E-state index contributed by atoms with van der Waals surface area (Å²) in [6.45, 7) is 2.78. The summed E-state index contributed by atoms with van der Waals surface area (Å²) in [5.41, 5.74) is -1.46. The molecule has 0 aliphatic heterocycles. The number of sulfone groups is 1. The molecular formula is C24H17F6N3O4S. The number of hydrogen-bond donors (Lipinski definition) is 0. The highest BCUT2D eigenvalue weighted by molar-refractivity contribution is 7.91. The van der Waals surface area contributed by atoms with Gasteiger partial charge >= 0.3 is 12.5 Å². The molecule has 0 amide bonds. The maximum atomic E-state index is 13.3. The van der Waals surface area contributed by atoms with Crippen LogP contribution < -0.4 is 10.3 Å². The summed E-state index contributed by atoms with van der Waals surface area (Å²) < 4.78 is 108. The predicted octanol–water partition coefficient (Wildman–Crippen LogP) is 5.47. The van der Waals surface area contributed by atoms with E-state index in [0.29, 0.717) is 10.7 Å². The maximum absolute atomic E-state index is 13.3. The van der Waals surface area contributed by atoms with Crippen molar-refractivity contribution in [3.05, 3.63) is 76.3 Å². The van der Waals surface area contributed by atoms with Crippen molar-refractivity contribution in [1.29, 1.82) is 0 Å². The largest absolute Gasteiger partial charge is 0.573 e. The number of pyridine rings is 1. The first-order chi connectivity index (χ1) is 17.6. The number of hydrogen-bond acceptors (Lipinski definition) is 6. The average Bonchev–Trinajstić information content (AvgIpc) is 2.84. The molecule has 2 heterocycles. The van der Waals surface area contributed by atoms with Crippen LogP contribution in [0.25, 0.3) is 27.7 Å². The van der Waals surface area contributed by atoms with Crippen LogP contribution in [0.5, 0.6) is 5.75 Å². The predicted molar refractivity (Wildman–Crippen MR) is 125 cm³/mol. The molecule has 38 heavy (non-hydrogen) atoms. The summed E-state index contributed by atoms with van der Waals surface area (Å²) in [5, 5.41) is 3.91. The van der Waals surface area contributed by atoms with Crippen LogP contribution in [-0.4, -0.2) is 35.3 Å². The highest BCUT2D eigenvalue weighted by Gasteiger charge is 2.32. The summed E-state index contributed by atoms with van der Waals surface area (Å²) in [6.07, 6.45) is -8.45. The highest BCUT2D eigenvalue weighted by atomic mass is 32.2. The third-order valence-corrected chi connectivity index (χ3v) is 7.31. The van der Waals surface area contributed by atoms with Crippen LogP contribution in [0.4, 0.5) is 26.3 Å². The van der Waals surface area contributed by atoms with Gasteiger partial charge in [-0.1, -0.05) is 25.1 Å². The second-order valence-electron chi connectivity index (χ2n) is 8.08. The standard InChI is InChI=1S/C24H17F6N3O4S/c1-3-38(35,36)20-10-15(14-4-7-17(8-5-14)37-24(28,29)30)12-31-21(20)33-22(34)19-11-16(23(25,26)27)6-9-18(19)13(2)32-33/h4-12H,3H2,1-2H3. The lowest BCUT2D eigenvalue weighted by Crippen LogP contribution is -2.26. The Morgan fingerprint density at radius 1 is 0.921 bits per heavy atom. The fourth-order valence-corrected chi connectivity index (χ4v) is 4.74. The lowest BCUT2D eigenvalue weighted by Gasteiger charge is -2.15. The summed E-state index contributed by atoms with van der Waals surface area (Å²) in [4.78, 5) is 16.9. The van der Waals surface area contributed by atoms with Gasteiger partial charge in [0.05, 0.1) is 22.4 Å². The van der Waals surface area contributed by atoms with Crippen molar-refractivity contribution < 1.29 is 39.5 Å². The molecule has 0 unspecified atom stereocenters. The van der Waals surface area contributed by atoms with E-state index >= 15 is 0 Å². The molecule has 0 saturated heterocycles. The Labute approximate surface area is 211 Å². The summed E-state index contributed by atoms with van der Waals surface area (Å²) in [6, 6.07) is 8.32. The Morgan fingerprint density at radius 3 is 2.16 bits per heavy atom. The van der Waals surface area contributed by atoms with Crippen molar-refractivity contribution in [3.8, 4) is 22.7 Å². The normalized spacial score (nSPS) is 12.6. The first kappa shape index (κ1) is 27.1. The minimum atomic E-state index is -4.90. The van der Waals surface area contributed by atoms with Crippen molar-refractivity contribution in [1.82, 2.24) is 14.8 Å². The van der Waals surface area contributed by atoms with Crippen LogP contribution in [0.2, 0.25) is 0 Å². The van der Waals surface area contributed by atoms with Crippen molar-refractivity contribution in [2.24, 2.45) is 0 Å². The fraction of sp³-hybridized carbons (Fsp3) is 0.208. The van der Waals surface area contributed by atoms with E-state index in [0.717, 1.165) is 24.3 Å². The molecule has 2 aromatic heterocycles. The lowest BCUT2D eigenvalue weighted by molar-refractivity contribution is -0.274. The summed E-state index contributed by atoms with van der Waals surface area (Å²) >= 11 is 0. The second-order valence-corrected chi connectivity index (χ2v) is 10.3. The molecule has 0 N–H and O–H groups in total.